The van der Waals surface area contributed by atoms with Crippen LogP contribution in [-0.4, -0.2) is 15.8 Å². The molecular formula is C16H18N4S. The highest BCUT2D eigenvalue weighted by Crippen LogP contribution is 2.16. The lowest BCUT2D eigenvalue weighted by Crippen LogP contribution is -2.25. The molecule has 0 saturated carbocycles. The molecule has 1 heterocycles. The lowest BCUT2D eigenvalue weighted by Gasteiger charge is -2.11. The summed E-state index contributed by atoms with van der Waals surface area (Å²) >= 11 is 5.26. The van der Waals surface area contributed by atoms with E-state index in [1.165, 1.54) is 5.56 Å². The van der Waals surface area contributed by atoms with Crippen LogP contribution in [0.15, 0.2) is 47.7 Å². The average molecular weight is 298 g/mol. The Hall–Kier alpha value is -2.27. The topological polar surface area (TPSA) is 49.3 Å². The highest BCUT2D eigenvalue weighted by atomic mass is 32.1. The van der Waals surface area contributed by atoms with Gasteiger partial charge in [-0.25, -0.2) is 0 Å². The van der Waals surface area contributed by atoms with Crippen LogP contribution in [0.1, 0.15) is 23.7 Å². The summed E-state index contributed by atoms with van der Waals surface area (Å²) < 4.78 is 0. The molecule has 0 radical (unpaired) electrons. The molecule has 2 N–H and O–H groups in total. The second kappa shape index (κ2) is 6.95. The number of nitrogens with zero attached hydrogens (tertiary/aromatic N) is 2. The van der Waals surface area contributed by atoms with Gasteiger partial charge in [0.1, 0.15) is 0 Å². The number of thiocarbonyl (C=S) groups is 1. The molecule has 21 heavy (non-hydrogen) atoms. The fourth-order valence-corrected chi connectivity index (χ4v) is 1.95. The first kappa shape index (κ1) is 15.1. The van der Waals surface area contributed by atoms with Crippen LogP contribution in [-0.2, 0) is 0 Å². The van der Waals surface area contributed by atoms with Gasteiger partial charge >= 0.3 is 0 Å². The number of aryl methyl sites for hydroxylation is 2. The van der Waals surface area contributed by atoms with E-state index in [0.29, 0.717) is 5.11 Å². The lowest BCUT2D eigenvalue weighted by atomic mass is 10.1. The lowest BCUT2D eigenvalue weighted by molar-refractivity contribution is 1.03. The minimum atomic E-state index is 0.457. The molecule has 0 aliphatic heterocycles. The molecule has 5 heteroatoms. The average Bonchev–Trinajstić information content (AvgIpc) is 2.49. The molecule has 0 amide bonds. The minimum absolute atomic E-state index is 0.457. The van der Waals surface area contributed by atoms with Crippen molar-refractivity contribution in [2.45, 2.75) is 20.8 Å². The molecule has 2 rings (SSSR count). The number of hydrazone groups is 1. The quantitative estimate of drug-likeness (QED) is 0.518. The van der Waals surface area contributed by atoms with E-state index in [0.717, 1.165) is 22.7 Å². The summed E-state index contributed by atoms with van der Waals surface area (Å²) in [6, 6.07) is 11.9. The molecule has 0 fully saturated rings. The van der Waals surface area contributed by atoms with Gasteiger partial charge < -0.3 is 5.32 Å². The Morgan fingerprint density at radius 3 is 2.71 bits per heavy atom. The molecular weight excluding hydrogens is 280 g/mol. The Morgan fingerprint density at radius 1 is 1.19 bits per heavy atom. The number of rotatable bonds is 3. The van der Waals surface area contributed by atoms with Crippen molar-refractivity contribution in [3.05, 3.63) is 59.4 Å². The zero-order valence-corrected chi connectivity index (χ0v) is 13.2. The zero-order valence-electron chi connectivity index (χ0n) is 12.3. The molecule has 0 atom stereocenters. The van der Waals surface area contributed by atoms with Crippen LogP contribution in [0.2, 0.25) is 0 Å². The first-order valence-corrected chi connectivity index (χ1v) is 7.07. The fourth-order valence-electron chi connectivity index (χ4n) is 1.79. The van der Waals surface area contributed by atoms with Crippen molar-refractivity contribution >= 4 is 28.7 Å². The van der Waals surface area contributed by atoms with Crippen LogP contribution in [0.25, 0.3) is 0 Å². The van der Waals surface area contributed by atoms with E-state index < -0.39 is 0 Å². The van der Waals surface area contributed by atoms with E-state index in [4.69, 9.17) is 12.2 Å². The maximum atomic E-state index is 5.26. The summed E-state index contributed by atoms with van der Waals surface area (Å²) in [5.41, 5.74) is 7.74. The van der Waals surface area contributed by atoms with E-state index in [2.05, 4.69) is 39.0 Å². The summed E-state index contributed by atoms with van der Waals surface area (Å²) in [4.78, 5) is 4.23. The maximum Gasteiger partial charge on any atom is 0.191 e. The smallest absolute Gasteiger partial charge is 0.191 e. The standard InChI is InChI=1S/C16H18N4S/c1-11-7-8-12(2)15(10-11)18-16(21)20-19-13(3)14-6-4-5-9-17-14/h4-10H,1-3H3,(H2,18,20,21)/b19-13+. The molecule has 0 spiro atoms. The van der Waals surface area contributed by atoms with Gasteiger partial charge in [0, 0.05) is 11.9 Å². The molecule has 0 saturated heterocycles. The van der Waals surface area contributed by atoms with Crippen molar-refractivity contribution in [3.8, 4) is 0 Å². The Kier molecular flexibility index (Phi) is 5.00. The molecule has 2 aromatic rings. The monoisotopic (exact) mass is 298 g/mol. The molecule has 1 aromatic carbocycles. The number of anilines is 1. The molecule has 0 aliphatic carbocycles. The van der Waals surface area contributed by atoms with Crippen LogP contribution >= 0.6 is 12.2 Å². The first-order chi connectivity index (χ1) is 10.1. The van der Waals surface area contributed by atoms with Crippen LogP contribution < -0.4 is 10.7 Å². The first-order valence-electron chi connectivity index (χ1n) is 6.66. The van der Waals surface area contributed by atoms with Crippen molar-refractivity contribution in [1.82, 2.24) is 10.4 Å². The summed E-state index contributed by atoms with van der Waals surface area (Å²) in [7, 11) is 0. The maximum absolute atomic E-state index is 5.26. The van der Waals surface area contributed by atoms with Crippen LogP contribution in [0.5, 0.6) is 0 Å². The van der Waals surface area contributed by atoms with Gasteiger partial charge in [-0.15, -0.1) is 0 Å². The molecule has 4 nitrogen and oxygen atoms in total. The van der Waals surface area contributed by atoms with Crippen molar-refractivity contribution in [3.63, 3.8) is 0 Å². The van der Waals surface area contributed by atoms with Gasteiger partial charge in [-0.1, -0.05) is 18.2 Å². The third-order valence-electron chi connectivity index (χ3n) is 3.00. The SMILES string of the molecule is C/C(=N\NC(=S)Nc1cc(C)ccc1C)c1ccccn1. The highest BCUT2D eigenvalue weighted by molar-refractivity contribution is 7.80. The zero-order chi connectivity index (χ0) is 15.2. The van der Waals surface area contributed by atoms with Crippen LogP contribution in [0.4, 0.5) is 5.69 Å². The predicted molar refractivity (Wildman–Crippen MR) is 91.7 cm³/mol. The van der Waals surface area contributed by atoms with Crippen molar-refractivity contribution in [2.24, 2.45) is 5.10 Å². The summed E-state index contributed by atoms with van der Waals surface area (Å²) in [6.45, 7) is 5.97. The molecule has 0 aliphatic rings. The summed E-state index contributed by atoms with van der Waals surface area (Å²) in [5, 5.41) is 7.85. The van der Waals surface area contributed by atoms with E-state index in [-0.39, 0.29) is 0 Å². The summed E-state index contributed by atoms with van der Waals surface area (Å²) in [6.07, 6.45) is 1.74. The van der Waals surface area contributed by atoms with Gasteiger partial charge in [-0.05, 0) is 62.3 Å². The second-order valence-corrected chi connectivity index (χ2v) is 5.20. The number of aromatic nitrogens is 1. The van der Waals surface area contributed by atoms with Gasteiger partial charge in [0.05, 0.1) is 11.4 Å². The predicted octanol–water partition coefficient (Wildman–Crippen LogP) is 3.41. The largest absolute Gasteiger partial charge is 0.331 e. The van der Waals surface area contributed by atoms with Gasteiger partial charge in [0.15, 0.2) is 5.11 Å². The normalized spacial score (nSPS) is 11.1. The van der Waals surface area contributed by atoms with Crippen molar-refractivity contribution < 1.29 is 0 Å². The van der Waals surface area contributed by atoms with E-state index in [9.17, 15) is 0 Å². The van der Waals surface area contributed by atoms with E-state index in [1.54, 1.807) is 6.20 Å². The third-order valence-corrected chi connectivity index (χ3v) is 3.20. The Morgan fingerprint density at radius 2 is 2.00 bits per heavy atom. The number of benzene rings is 1. The van der Waals surface area contributed by atoms with E-state index >= 15 is 0 Å². The Labute approximate surface area is 130 Å². The highest BCUT2D eigenvalue weighted by Gasteiger charge is 2.02. The van der Waals surface area contributed by atoms with Gasteiger partial charge in [-0.3, -0.25) is 10.4 Å². The van der Waals surface area contributed by atoms with Crippen molar-refractivity contribution in [1.29, 1.82) is 0 Å². The fraction of sp³-hybridized carbons (Fsp3) is 0.188. The number of nitrogens with one attached hydrogen (secondary N) is 2. The van der Waals surface area contributed by atoms with Crippen LogP contribution in [0, 0.1) is 13.8 Å². The van der Waals surface area contributed by atoms with Crippen LogP contribution in [0.3, 0.4) is 0 Å². The second-order valence-electron chi connectivity index (χ2n) is 4.80. The Balaban J connectivity index is 2.01. The minimum Gasteiger partial charge on any atom is -0.331 e. The van der Waals surface area contributed by atoms with E-state index in [1.807, 2.05) is 39.0 Å². The number of hydrogen-bond donors (Lipinski definition) is 2. The van der Waals surface area contributed by atoms with Crippen molar-refractivity contribution in [2.75, 3.05) is 5.32 Å². The van der Waals surface area contributed by atoms with Gasteiger partial charge in [-0.2, -0.15) is 5.10 Å². The molecule has 1 aromatic heterocycles. The molecule has 108 valence electrons. The Bertz CT molecular complexity index is 665. The number of hydrogen-bond acceptors (Lipinski definition) is 3. The molecule has 0 unspecified atom stereocenters. The number of pyridine rings is 1. The third kappa shape index (κ3) is 4.36. The summed E-state index contributed by atoms with van der Waals surface area (Å²) in [5.74, 6) is 0. The van der Waals surface area contributed by atoms with Gasteiger partial charge in [0.25, 0.3) is 0 Å². The molecule has 0 bridgehead atoms. The van der Waals surface area contributed by atoms with Gasteiger partial charge in [0.2, 0.25) is 0 Å².